The third-order valence-corrected chi connectivity index (χ3v) is 3.08. The van der Waals surface area contributed by atoms with E-state index < -0.39 is 0 Å². The molecule has 1 fully saturated rings. The lowest BCUT2D eigenvalue weighted by atomic mass is 9.91. The molecular formula is C11H19N3O. The van der Waals surface area contributed by atoms with Crippen molar-refractivity contribution in [3.8, 4) is 0 Å². The molecule has 1 unspecified atom stereocenters. The van der Waals surface area contributed by atoms with Crippen LogP contribution in [-0.2, 0) is 11.8 Å². The molecular weight excluding hydrogens is 190 g/mol. The van der Waals surface area contributed by atoms with Crippen LogP contribution in [0.3, 0.4) is 0 Å². The predicted octanol–water partition coefficient (Wildman–Crippen LogP) is 1.24. The molecule has 15 heavy (non-hydrogen) atoms. The molecule has 1 aromatic heterocycles. The summed E-state index contributed by atoms with van der Waals surface area (Å²) in [5.74, 6) is 0.717. The molecule has 1 atom stereocenters. The molecule has 84 valence electrons. The number of nitrogens with zero attached hydrogens (tertiary/aromatic N) is 2. The molecule has 0 amide bonds. The second kappa shape index (κ2) is 4.77. The quantitative estimate of drug-likeness (QED) is 0.814. The van der Waals surface area contributed by atoms with Crippen LogP contribution < -0.4 is 5.73 Å². The molecule has 1 saturated heterocycles. The normalized spacial score (nSPS) is 20.4. The maximum Gasteiger partial charge on any atom is 0.0537 e. The first kappa shape index (κ1) is 10.6. The molecule has 1 aromatic rings. The second-order valence-corrected chi connectivity index (χ2v) is 4.35. The third kappa shape index (κ3) is 2.79. The van der Waals surface area contributed by atoms with Crippen molar-refractivity contribution in [2.24, 2.45) is 18.7 Å². The molecule has 0 radical (unpaired) electrons. The minimum atomic E-state index is 0.127. The Kier molecular flexibility index (Phi) is 3.38. The van der Waals surface area contributed by atoms with Gasteiger partial charge >= 0.3 is 0 Å². The molecule has 0 aromatic carbocycles. The van der Waals surface area contributed by atoms with Crippen LogP contribution in [-0.4, -0.2) is 23.0 Å². The molecule has 4 heteroatoms. The van der Waals surface area contributed by atoms with Crippen molar-refractivity contribution in [1.82, 2.24) is 9.78 Å². The average molecular weight is 209 g/mol. The van der Waals surface area contributed by atoms with E-state index in [2.05, 4.69) is 5.10 Å². The standard InChI is InChI=1S/C11H19N3O/c1-14-8-10(7-13-14)11(12)6-9-2-4-15-5-3-9/h7-9,11H,2-6,12H2,1H3. The molecule has 0 bridgehead atoms. The fourth-order valence-corrected chi connectivity index (χ4v) is 2.11. The lowest BCUT2D eigenvalue weighted by molar-refractivity contribution is 0.0618. The molecule has 0 spiro atoms. The van der Waals surface area contributed by atoms with E-state index in [0.29, 0.717) is 5.92 Å². The van der Waals surface area contributed by atoms with Gasteiger partial charge in [-0.05, 0) is 25.2 Å². The summed E-state index contributed by atoms with van der Waals surface area (Å²) in [6.07, 6.45) is 7.21. The summed E-state index contributed by atoms with van der Waals surface area (Å²) >= 11 is 0. The lowest BCUT2D eigenvalue weighted by Crippen LogP contribution is -2.21. The second-order valence-electron chi connectivity index (χ2n) is 4.35. The summed E-state index contributed by atoms with van der Waals surface area (Å²) in [5, 5.41) is 4.14. The maximum atomic E-state index is 6.15. The van der Waals surface area contributed by atoms with Gasteiger partial charge in [0.2, 0.25) is 0 Å². The predicted molar refractivity (Wildman–Crippen MR) is 58.3 cm³/mol. The smallest absolute Gasteiger partial charge is 0.0537 e. The Bertz CT molecular complexity index is 305. The topological polar surface area (TPSA) is 53.1 Å². The Morgan fingerprint density at radius 2 is 2.33 bits per heavy atom. The minimum absolute atomic E-state index is 0.127. The summed E-state index contributed by atoms with van der Waals surface area (Å²) in [7, 11) is 1.92. The summed E-state index contributed by atoms with van der Waals surface area (Å²) in [6.45, 7) is 1.79. The van der Waals surface area contributed by atoms with Crippen LogP contribution in [0.15, 0.2) is 12.4 Å². The summed E-state index contributed by atoms with van der Waals surface area (Å²) in [6, 6.07) is 0.127. The van der Waals surface area contributed by atoms with E-state index >= 15 is 0 Å². The van der Waals surface area contributed by atoms with Gasteiger partial charge < -0.3 is 10.5 Å². The van der Waals surface area contributed by atoms with Gasteiger partial charge in [-0.2, -0.15) is 5.10 Å². The monoisotopic (exact) mass is 209 g/mol. The number of ether oxygens (including phenoxy) is 1. The van der Waals surface area contributed by atoms with Crippen LogP contribution in [0.4, 0.5) is 0 Å². The van der Waals surface area contributed by atoms with E-state index in [-0.39, 0.29) is 6.04 Å². The Labute approximate surface area is 90.4 Å². The van der Waals surface area contributed by atoms with Gasteiger partial charge in [0.05, 0.1) is 6.20 Å². The number of hydrogen-bond donors (Lipinski definition) is 1. The molecule has 1 aliphatic rings. The molecule has 2 N–H and O–H groups in total. The van der Waals surface area contributed by atoms with Crippen molar-refractivity contribution in [2.75, 3.05) is 13.2 Å². The Morgan fingerprint density at radius 1 is 1.60 bits per heavy atom. The van der Waals surface area contributed by atoms with E-state index in [1.54, 1.807) is 4.68 Å². The van der Waals surface area contributed by atoms with Crippen LogP contribution >= 0.6 is 0 Å². The Hall–Kier alpha value is -0.870. The highest BCUT2D eigenvalue weighted by molar-refractivity contribution is 5.09. The van der Waals surface area contributed by atoms with Gasteiger partial charge in [-0.15, -0.1) is 0 Å². The van der Waals surface area contributed by atoms with E-state index in [9.17, 15) is 0 Å². The zero-order valence-electron chi connectivity index (χ0n) is 9.22. The number of aromatic nitrogens is 2. The first-order valence-electron chi connectivity index (χ1n) is 5.57. The fraction of sp³-hybridized carbons (Fsp3) is 0.727. The van der Waals surface area contributed by atoms with Gasteiger partial charge in [0, 0.05) is 38.1 Å². The molecule has 0 aliphatic carbocycles. The molecule has 0 saturated carbocycles. The first-order valence-corrected chi connectivity index (χ1v) is 5.57. The van der Waals surface area contributed by atoms with E-state index in [1.807, 2.05) is 19.4 Å². The molecule has 1 aliphatic heterocycles. The van der Waals surface area contributed by atoms with Crippen molar-refractivity contribution in [3.05, 3.63) is 18.0 Å². The highest BCUT2D eigenvalue weighted by atomic mass is 16.5. The number of aryl methyl sites for hydroxylation is 1. The van der Waals surface area contributed by atoms with Crippen molar-refractivity contribution >= 4 is 0 Å². The zero-order valence-corrected chi connectivity index (χ0v) is 9.22. The van der Waals surface area contributed by atoms with Crippen molar-refractivity contribution in [2.45, 2.75) is 25.3 Å². The third-order valence-electron chi connectivity index (χ3n) is 3.08. The van der Waals surface area contributed by atoms with Gasteiger partial charge in [0.1, 0.15) is 0 Å². The minimum Gasteiger partial charge on any atom is -0.381 e. The molecule has 2 rings (SSSR count). The SMILES string of the molecule is Cn1cc(C(N)CC2CCOCC2)cn1. The average Bonchev–Trinajstić information content (AvgIpc) is 2.66. The van der Waals surface area contributed by atoms with Gasteiger partial charge in [0.15, 0.2) is 0 Å². The Balaban J connectivity index is 1.88. The largest absolute Gasteiger partial charge is 0.381 e. The number of nitrogens with two attached hydrogens (primary N) is 1. The summed E-state index contributed by atoms with van der Waals surface area (Å²) in [4.78, 5) is 0. The van der Waals surface area contributed by atoms with Crippen molar-refractivity contribution in [1.29, 1.82) is 0 Å². The van der Waals surface area contributed by atoms with Crippen LogP contribution in [0.5, 0.6) is 0 Å². The van der Waals surface area contributed by atoms with Gasteiger partial charge in [-0.3, -0.25) is 4.68 Å². The van der Waals surface area contributed by atoms with E-state index in [4.69, 9.17) is 10.5 Å². The van der Waals surface area contributed by atoms with Gasteiger partial charge in [-0.25, -0.2) is 0 Å². The van der Waals surface area contributed by atoms with Gasteiger partial charge in [0.25, 0.3) is 0 Å². The van der Waals surface area contributed by atoms with Crippen LogP contribution in [0, 0.1) is 5.92 Å². The first-order chi connectivity index (χ1) is 7.25. The number of rotatable bonds is 3. The lowest BCUT2D eigenvalue weighted by Gasteiger charge is -2.24. The van der Waals surface area contributed by atoms with Crippen LogP contribution in [0.25, 0.3) is 0 Å². The van der Waals surface area contributed by atoms with Crippen LogP contribution in [0.2, 0.25) is 0 Å². The van der Waals surface area contributed by atoms with E-state index in [0.717, 1.165) is 38.0 Å². The highest BCUT2D eigenvalue weighted by Gasteiger charge is 2.18. The number of hydrogen-bond acceptors (Lipinski definition) is 3. The fourth-order valence-electron chi connectivity index (χ4n) is 2.11. The summed E-state index contributed by atoms with van der Waals surface area (Å²) in [5.41, 5.74) is 7.29. The van der Waals surface area contributed by atoms with Crippen molar-refractivity contribution in [3.63, 3.8) is 0 Å². The highest BCUT2D eigenvalue weighted by Crippen LogP contribution is 2.25. The van der Waals surface area contributed by atoms with Crippen LogP contribution in [0.1, 0.15) is 30.9 Å². The zero-order chi connectivity index (χ0) is 10.7. The Morgan fingerprint density at radius 3 is 2.93 bits per heavy atom. The van der Waals surface area contributed by atoms with Gasteiger partial charge in [-0.1, -0.05) is 0 Å². The van der Waals surface area contributed by atoms with E-state index in [1.165, 1.54) is 0 Å². The molecule has 2 heterocycles. The molecule has 4 nitrogen and oxygen atoms in total. The van der Waals surface area contributed by atoms with Crippen molar-refractivity contribution < 1.29 is 4.74 Å². The maximum absolute atomic E-state index is 6.15. The summed E-state index contributed by atoms with van der Waals surface area (Å²) < 4.78 is 7.14.